The molecule has 4 aromatic rings. The summed E-state index contributed by atoms with van der Waals surface area (Å²) in [7, 11) is 0. The summed E-state index contributed by atoms with van der Waals surface area (Å²) in [5, 5.41) is 4.35. The van der Waals surface area contributed by atoms with Crippen LogP contribution in [0, 0.1) is 0 Å². The molecular formula is C29H31N3O4S. The van der Waals surface area contributed by atoms with Crippen LogP contribution in [0.4, 0.5) is 0 Å². The van der Waals surface area contributed by atoms with Crippen LogP contribution in [0.5, 0.6) is 5.75 Å². The monoisotopic (exact) mass is 517 g/mol. The molecule has 0 saturated heterocycles. The maximum absolute atomic E-state index is 13.3. The van der Waals surface area contributed by atoms with E-state index in [1.165, 1.54) is 11.4 Å². The van der Waals surface area contributed by atoms with Crippen LogP contribution in [0.3, 0.4) is 0 Å². The molecule has 0 saturated carbocycles. The number of hydrogen-bond acceptors (Lipinski definition) is 7. The zero-order valence-corrected chi connectivity index (χ0v) is 23.0. The highest BCUT2D eigenvalue weighted by molar-refractivity contribution is 7.15. The molecule has 0 aliphatic rings. The smallest absolute Gasteiger partial charge is 0.308 e. The van der Waals surface area contributed by atoms with Gasteiger partial charge in [0.15, 0.2) is 0 Å². The Balaban J connectivity index is 1.90. The first-order valence-electron chi connectivity index (χ1n) is 12.1. The minimum atomic E-state index is -0.438. The summed E-state index contributed by atoms with van der Waals surface area (Å²) in [4.78, 5) is 42.3. The van der Waals surface area contributed by atoms with Crippen molar-refractivity contribution in [3.8, 4) is 5.75 Å². The molecule has 0 atom stereocenters. The average Bonchev–Trinajstić information content (AvgIpc) is 3.08. The van der Waals surface area contributed by atoms with Crippen molar-refractivity contribution >= 4 is 28.3 Å². The van der Waals surface area contributed by atoms with Crippen LogP contribution < -0.4 is 20.4 Å². The summed E-state index contributed by atoms with van der Waals surface area (Å²) < 4.78 is 7.33. The van der Waals surface area contributed by atoms with Crippen molar-refractivity contribution < 1.29 is 9.53 Å². The number of hydrogen-bond donors (Lipinski definition) is 0. The Kier molecular flexibility index (Phi) is 6.90. The molecular weight excluding hydrogens is 486 g/mol. The molecule has 7 nitrogen and oxygen atoms in total. The molecule has 2 aromatic heterocycles. The Bertz CT molecular complexity index is 1620. The molecule has 0 unspecified atom stereocenters. The fraction of sp³-hybridized carbons (Fsp3) is 0.345. The molecule has 0 fully saturated rings. The molecule has 0 radical (unpaired) electrons. The maximum Gasteiger partial charge on any atom is 0.308 e. The van der Waals surface area contributed by atoms with Gasteiger partial charge in [-0.05, 0) is 40.2 Å². The zero-order valence-electron chi connectivity index (χ0n) is 22.2. The van der Waals surface area contributed by atoms with E-state index in [1.807, 2.05) is 42.5 Å². The average molecular weight is 518 g/mol. The number of carbonyl (C=O) groups excluding carboxylic acids is 1. The van der Waals surface area contributed by atoms with Crippen molar-refractivity contribution in [2.45, 2.75) is 65.7 Å². The van der Waals surface area contributed by atoms with Gasteiger partial charge in [-0.1, -0.05) is 83.2 Å². The van der Waals surface area contributed by atoms with E-state index in [0.29, 0.717) is 16.7 Å². The van der Waals surface area contributed by atoms with Gasteiger partial charge in [-0.15, -0.1) is 0 Å². The number of aromatic nitrogens is 3. The number of nitrogens with zero attached hydrogens (tertiary/aromatic N) is 3. The van der Waals surface area contributed by atoms with Crippen molar-refractivity contribution in [3.63, 3.8) is 0 Å². The summed E-state index contributed by atoms with van der Waals surface area (Å²) in [6.45, 7) is 13.7. The Labute approximate surface area is 219 Å². The van der Waals surface area contributed by atoms with Crippen molar-refractivity contribution in [1.29, 1.82) is 0 Å². The Morgan fingerprint density at radius 1 is 1.00 bits per heavy atom. The second-order valence-electron chi connectivity index (χ2n) is 11.2. The number of fused-ring (bicyclic) bond motifs is 1. The van der Waals surface area contributed by atoms with Crippen LogP contribution in [-0.4, -0.2) is 20.6 Å². The molecule has 8 heteroatoms. The van der Waals surface area contributed by atoms with Crippen LogP contribution >= 0.6 is 11.3 Å². The number of rotatable bonds is 4. The van der Waals surface area contributed by atoms with Gasteiger partial charge in [0.25, 0.3) is 11.1 Å². The van der Waals surface area contributed by atoms with Gasteiger partial charge in [0, 0.05) is 24.5 Å². The van der Waals surface area contributed by atoms with E-state index in [4.69, 9.17) is 4.74 Å². The largest absolute Gasteiger partial charge is 0.426 e. The van der Waals surface area contributed by atoms with E-state index in [0.717, 1.165) is 33.6 Å². The number of thiazole rings is 1. The van der Waals surface area contributed by atoms with E-state index < -0.39 is 5.56 Å². The van der Waals surface area contributed by atoms with Crippen LogP contribution in [-0.2, 0) is 22.0 Å². The van der Waals surface area contributed by atoms with Gasteiger partial charge >= 0.3 is 5.97 Å². The second kappa shape index (κ2) is 9.67. The standard InChI is InChI=1S/C29H31N3O4S/c1-17(33)36-24-20(28(2,3)4)13-19(14-21(24)29(5,6)7)16-23-26(35)32-27(37-23)30-25(34)22(31-32)15-18-11-9-8-10-12-18/h8-14,16H,15H2,1-7H3/b23-16-. The van der Waals surface area contributed by atoms with Crippen LogP contribution in [0.25, 0.3) is 11.0 Å². The van der Waals surface area contributed by atoms with Gasteiger partial charge in [-0.3, -0.25) is 14.4 Å². The summed E-state index contributed by atoms with van der Waals surface area (Å²) in [5.41, 5.74) is 2.25. The third-order valence-electron chi connectivity index (χ3n) is 5.94. The van der Waals surface area contributed by atoms with Gasteiger partial charge in [0.1, 0.15) is 11.4 Å². The van der Waals surface area contributed by atoms with Gasteiger partial charge in [-0.25, -0.2) is 0 Å². The SMILES string of the molecule is CC(=O)Oc1c(C(C)(C)C)cc(/C=c2\sc3nc(=O)c(Cc4ccccc4)nn3c2=O)cc1C(C)(C)C. The van der Waals surface area contributed by atoms with Crippen LogP contribution in [0.15, 0.2) is 52.1 Å². The van der Waals surface area contributed by atoms with Gasteiger partial charge in [-0.2, -0.15) is 14.6 Å². The molecule has 0 N–H and O–H groups in total. The first kappa shape index (κ1) is 26.4. The molecule has 0 aliphatic heterocycles. The van der Waals surface area contributed by atoms with E-state index in [-0.39, 0.29) is 33.0 Å². The van der Waals surface area contributed by atoms with Crippen LogP contribution in [0.1, 0.15) is 76.4 Å². The van der Waals surface area contributed by atoms with Crippen molar-refractivity contribution in [1.82, 2.24) is 14.6 Å². The molecule has 0 bridgehead atoms. The van der Waals surface area contributed by atoms with Gasteiger partial charge in [0.05, 0.1) is 4.53 Å². The van der Waals surface area contributed by atoms with Crippen molar-refractivity contribution in [2.24, 2.45) is 0 Å². The first-order chi connectivity index (χ1) is 17.2. The van der Waals surface area contributed by atoms with Gasteiger partial charge in [0.2, 0.25) is 4.96 Å². The van der Waals surface area contributed by atoms with E-state index in [1.54, 1.807) is 6.08 Å². The summed E-state index contributed by atoms with van der Waals surface area (Å²) in [6.07, 6.45) is 2.08. The van der Waals surface area contributed by atoms with Gasteiger partial charge < -0.3 is 4.74 Å². The lowest BCUT2D eigenvalue weighted by atomic mass is 9.78. The Morgan fingerprint density at radius 2 is 1.59 bits per heavy atom. The Hall–Kier alpha value is -3.65. The fourth-order valence-corrected chi connectivity index (χ4v) is 5.00. The number of carbonyl (C=O) groups is 1. The molecule has 0 aliphatic carbocycles. The molecule has 0 spiro atoms. The minimum Gasteiger partial charge on any atom is -0.426 e. The lowest BCUT2D eigenvalue weighted by Gasteiger charge is -2.29. The lowest BCUT2D eigenvalue weighted by molar-refractivity contribution is -0.132. The highest BCUT2D eigenvalue weighted by atomic mass is 32.1. The van der Waals surface area contributed by atoms with Crippen molar-refractivity contribution in [2.75, 3.05) is 0 Å². The minimum absolute atomic E-state index is 0.223. The third-order valence-corrected chi connectivity index (χ3v) is 6.89. The van der Waals surface area contributed by atoms with E-state index >= 15 is 0 Å². The molecule has 2 heterocycles. The summed E-state index contributed by atoms with van der Waals surface area (Å²) in [5.74, 6) is 0.176. The number of benzene rings is 2. The quantitative estimate of drug-likeness (QED) is 0.298. The molecule has 0 amide bonds. The molecule has 2 aromatic carbocycles. The molecule has 192 valence electrons. The normalized spacial score (nSPS) is 12.8. The molecule has 37 heavy (non-hydrogen) atoms. The first-order valence-corrected chi connectivity index (χ1v) is 12.9. The lowest BCUT2D eigenvalue weighted by Crippen LogP contribution is -2.28. The number of esters is 1. The topological polar surface area (TPSA) is 90.6 Å². The van der Waals surface area contributed by atoms with Crippen molar-refractivity contribution in [3.05, 3.63) is 95.7 Å². The predicted molar refractivity (Wildman–Crippen MR) is 147 cm³/mol. The second-order valence-corrected chi connectivity index (χ2v) is 12.2. The summed E-state index contributed by atoms with van der Waals surface area (Å²) in [6, 6.07) is 13.4. The maximum atomic E-state index is 13.3. The highest BCUT2D eigenvalue weighted by Crippen LogP contribution is 2.41. The number of ether oxygens (including phenoxy) is 1. The van der Waals surface area contributed by atoms with E-state index in [2.05, 4.69) is 51.6 Å². The highest BCUT2D eigenvalue weighted by Gasteiger charge is 2.28. The Morgan fingerprint density at radius 3 is 2.14 bits per heavy atom. The third kappa shape index (κ3) is 5.69. The predicted octanol–water partition coefficient (Wildman–Crippen LogP) is 4.17. The summed E-state index contributed by atoms with van der Waals surface area (Å²) >= 11 is 1.13. The zero-order chi connectivity index (χ0) is 27.1. The van der Waals surface area contributed by atoms with Crippen LogP contribution in [0.2, 0.25) is 0 Å². The molecule has 4 rings (SSSR count). The van der Waals surface area contributed by atoms with E-state index in [9.17, 15) is 14.4 Å². The fourth-order valence-electron chi connectivity index (χ4n) is 4.09.